The van der Waals surface area contributed by atoms with E-state index in [1.165, 1.54) is 0 Å². The Morgan fingerprint density at radius 1 is 0.931 bits per heavy atom. The standard InChI is InChI=1S/C22H21BrN4O2/c1-29-17-8-6-16(7-9-17)20-10-11-21(25-24-20)26-12-14-27(15-13-26)22(28)18-4-2-3-5-19(18)23/h2-11H,12-15H2,1H3. The Morgan fingerprint density at radius 2 is 1.66 bits per heavy atom. The van der Waals surface area contributed by atoms with Gasteiger partial charge in [-0.1, -0.05) is 12.1 Å². The summed E-state index contributed by atoms with van der Waals surface area (Å²) in [4.78, 5) is 16.8. The van der Waals surface area contributed by atoms with Gasteiger partial charge in [-0.15, -0.1) is 10.2 Å². The van der Waals surface area contributed by atoms with Crippen LogP contribution in [0.3, 0.4) is 0 Å². The van der Waals surface area contributed by atoms with Crippen LogP contribution in [0.2, 0.25) is 0 Å². The monoisotopic (exact) mass is 452 g/mol. The smallest absolute Gasteiger partial charge is 0.255 e. The van der Waals surface area contributed by atoms with E-state index in [1.54, 1.807) is 7.11 Å². The largest absolute Gasteiger partial charge is 0.497 e. The third kappa shape index (κ3) is 4.24. The average Bonchev–Trinajstić information content (AvgIpc) is 2.79. The molecule has 1 aliphatic heterocycles. The van der Waals surface area contributed by atoms with E-state index in [2.05, 4.69) is 31.0 Å². The fraction of sp³-hybridized carbons (Fsp3) is 0.227. The van der Waals surface area contributed by atoms with Crippen molar-refractivity contribution < 1.29 is 9.53 Å². The Hall–Kier alpha value is -2.93. The first-order chi connectivity index (χ1) is 14.2. The molecule has 1 aliphatic rings. The van der Waals surface area contributed by atoms with Crippen LogP contribution >= 0.6 is 15.9 Å². The highest BCUT2D eigenvalue weighted by Gasteiger charge is 2.24. The van der Waals surface area contributed by atoms with Crippen molar-refractivity contribution in [1.29, 1.82) is 0 Å². The first-order valence-corrected chi connectivity index (χ1v) is 10.2. The number of rotatable bonds is 4. The molecule has 2 heterocycles. The molecule has 0 saturated carbocycles. The molecule has 0 bridgehead atoms. The first kappa shape index (κ1) is 19.4. The lowest BCUT2D eigenvalue weighted by Crippen LogP contribution is -2.49. The number of hydrogen-bond acceptors (Lipinski definition) is 5. The number of carbonyl (C=O) groups is 1. The van der Waals surface area contributed by atoms with Gasteiger partial charge in [0.25, 0.3) is 5.91 Å². The molecule has 6 nitrogen and oxygen atoms in total. The van der Waals surface area contributed by atoms with Crippen molar-refractivity contribution in [3.63, 3.8) is 0 Å². The highest BCUT2D eigenvalue weighted by molar-refractivity contribution is 9.10. The molecule has 29 heavy (non-hydrogen) atoms. The lowest BCUT2D eigenvalue weighted by atomic mass is 10.1. The van der Waals surface area contributed by atoms with Crippen LogP contribution in [0, 0.1) is 0 Å². The van der Waals surface area contributed by atoms with E-state index in [0.717, 1.165) is 40.4 Å². The molecule has 0 atom stereocenters. The summed E-state index contributed by atoms with van der Waals surface area (Å²) in [5.74, 6) is 1.70. The molecule has 1 amide bonds. The molecule has 3 aromatic rings. The summed E-state index contributed by atoms with van der Waals surface area (Å²) in [5.41, 5.74) is 2.51. The predicted octanol–water partition coefficient (Wildman–Crippen LogP) is 3.88. The molecule has 7 heteroatoms. The van der Waals surface area contributed by atoms with Crippen molar-refractivity contribution in [2.24, 2.45) is 0 Å². The first-order valence-electron chi connectivity index (χ1n) is 9.42. The van der Waals surface area contributed by atoms with Crippen molar-refractivity contribution in [1.82, 2.24) is 15.1 Å². The number of nitrogens with zero attached hydrogens (tertiary/aromatic N) is 4. The van der Waals surface area contributed by atoms with Crippen molar-refractivity contribution in [3.05, 3.63) is 70.7 Å². The van der Waals surface area contributed by atoms with Crippen LogP contribution in [0.1, 0.15) is 10.4 Å². The fourth-order valence-electron chi connectivity index (χ4n) is 3.35. The van der Waals surface area contributed by atoms with E-state index < -0.39 is 0 Å². The van der Waals surface area contributed by atoms with Crippen molar-refractivity contribution in [3.8, 4) is 17.0 Å². The predicted molar refractivity (Wildman–Crippen MR) is 116 cm³/mol. The van der Waals surface area contributed by atoms with Crippen LogP contribution in [0.4, 0.5) is 5.82 Å². The Labute approximate surface area is 178 Å². The number of aromatic nitrogens is 2. The third-order valence-electron chi connectivity index (χ3n) is 5.03. The summed E-state index contributed by atoms with van der Waals surface area (Å²) in [6, 6.07) is 19.2. The maximum absolute atomic E-state index is 12.8. The highest BCUT2D eigenvalue weighted by atomic mass is 79.9. The Balaban J connectivity index is 1.39. The van der Waals surface area contributed by atoms with E-state index in [0.29, 0.717) is 18.7 Å². The number of amides is 1. The molecule has 0 aliphatic carbocycles. The number of benzene rings is 2. The van der Waals surface area contributed by atoms with Gasteiger partial charge in [0.15, 0.2) is 5.82 Å². The van der Waals surface area contributed by atoms with Crippen molar-refractivity contribution in [2.45, 2.75) is 0 Å². The number of methoxy groups -OCH3 is 1. The zero-order chi connectivity index (χ0) is 20.2. The maximum atomic E-state index is 12.8. The number of ether oxygens (including phenoxy) is 1. The van der Waals surface area contributed by atoms with E-state index in [4.69, 9.17) is 4.74 Å². The topological polar surface area (TPSA) is 58.6 Å². The van der Waals surface area contributed by atoms with Crippen LogP contribution in [-0.2, 0) is 0 Å². The molecule has 0 unspecified atom stereocenters. The van der Waals surface area contributed by atoms with Crippen LogP contribution in [0.5, 0.6) is 5.75 Å². The van der Waals surface area contributed by atoms with Crippen molar-refractivity contribution in [2.75, 3.05) is 38.2 Å². The summed E-state index contributed by atoms with van der Waals surface area (Å²) in [6.45, 7) is 2.77. The van der Waals surface area contributed by atoms with Gasteiger partial charge in [0, 0.05) is 36.2 Å². The number of hydrogen-bond donors (Lipinski definition) is 0. The molecule has 148 valence electrons. The second kappa shape index (κ2) is 8.61. The zero-order valence-corrected chi connectivity index (χ0v) is 17.7. The molecule has 2 aromatic carbocycles. The van der Waals surface area contributed by atoms with Gasteiger partial charge in [0.05, 0.1) is 18.4 Å². The van der Waals surface area contributed by atoms with Crippen LogP contribution in [0.25, 0.3) is 11.3 Å². The van der Waals surface area contributed by atoms with E-state index in [9.17, 15) is 4.79 Å². The van der Waals surface area contributed by atoms with Gasteiger partial charge < -0.3 is 14.5 Å². The van der Waals surface area contributed by atoms with Gasteiger partial charge in [-0.3, -0.25) is 4.79 Å². The second-order valence-corrected chi connectivity index (χ2v) is 7.62. The lowest BCUT2D eigenvalue weighted by Gasteiger charge is -2.35. The second-order valence-electron chi connectivity index (χ2n) is 6.76. The lowest BCUT2D eigenvalue weighted by molar-refractivity contribution is 0.0745. The number of halogens is 1. The fourth-order valence-corrected chi connectivity index (χ4v) is 3.81. The molecule has 1 aromatic heterocycles. The Bertz CT molecular complexity index is 984. The molecule has 0 N–H and O–H groups in total. The molecular weight excluding hydrogens is 432 g/mol. The maximum Gasteiger partial charge on any atom is 0.255 e. The van der Waals surface area contributed by atoms with E-state index in [1.807, 2.05) is 65.6 Å². The van der Waals surface area contributed by atoms with Crippen LogP contribution < -0.4 is 9.64 Å². The summed E-state index contributed by atoms with van der Waals surface area (Å²) in [5, 5.41) is 8.77. The van der Waals surface area contributed by atoms with Crippen molar-refractivity contribution >= 4 is 27.7 Å². The molecule has 4 rings (SSSR count). The zero-order valence-electron chi connectivity index (χ0n) is 16.1. The van der Waals surface area contributed by atoms with E-state index in [-0.39, 0.29) is 5.91 Å². The number of piperazine rings is 1. The van der Waals surface area contributed by atoms with Gasteiger partial charge >= 0.3 is 0 Å². The van der Waals surface area contributed by atoms with Gasteiger partial charge in [0.2, 0.25) is 0 Å². The van der Waals surface area contributed by atoms with Crippen LogP contribution in [0.15, 0.2) is 65.1 Å². The molecular formula is C22H21BrN4O2. The van der Waals surface area contributed by atoms with Crippen LogP contribution in [-0.4, -0.2) is 54.3 Å². The summed E-state index contributed by atoms with van der Waals surface area (Å²) >= 11 is 3.46. The average molecular weight is 453 g/mol. The normalized spacial score (nSPS) is 14.0. The quantitative estimate of drug-likeness (QED) is 0.600. The van der Waals surface area contributed by atoms with Gasteiger partial charge in [-0.05, 0) is 64.5 Å². The molecule has 1 fully saturated rings. The molecule has 1 saturated heterocycles. The van der Waals surface area contributed by atoms with Gasteiger partial charge in [-0.2, -0.15) is 0 Å². The molecule has 0 radical (unpaired) electrons. The summed E-state index contributed by atoms with van der Waals surface area (Å²) in [6.07, 6.45) is 0. The van der Waals surface area contributed by atoms with Gasteiger partial charge in [-0.25, -0.2) is 0 Å². The third-order valence-corrected chi connectivity index (χ3v) is 5.72. The minimum absolute atomic E-state index is 0.0538. The number of anilines is 1. The Kier molecular flexibility index (Phi) is 5.76. The minimum Gasteiger partial charge on any atom is -0.497 e. The SMILES string of the molecule is COc1ccc(-c2ccc(N3CCN(C(=O)c4ccccc4Br)CC3)nn2)cc1. The molecule has 0 spiro atoms. The van der Waals surface area contributed by atoms with Gasteiger partial charge in [0.1, 0.15) is 5.75 Å². The minimum atomic E-state index is 0.0538. The summed E-state index contributed by atoms with van der Waals surface area (Å²) < 4.78 is 6.02. The Morgan fingerprint density at radius 3 is 2.28 bits per heavy atom. The summed E-state index contributed by atoms with van der Waals surface area (Å²) in [7, 11) is 1.65. The van der Waals surface area contributed by atoms with E-state index >= 15 is 0 Å². The highest BCUT2D eigenvalue weighted by Crippen LogP contribution is 2.23. The number of carbonyl (C=O) groups excluding carboxylic acids is 1.